The third-order valence-electron chi connectivity index (χ3n) is 3.30. The first kappa shape index (κ1) is 14.6. The van der Waals surface area contributed by atoms with Crippen molar-refractivity contribution in [2.75, 3.05) is 13.4 Å². The summed E-state index contributed by atoms with van der Waals surface area (Å²) < 4.78 is 27.9. The molecule has 0 radical (unpaired) electrons. The highest BCUT2D eigenvalue weighted by atomic mass is 32.2. The number of methoxy groups -OCH3 is 1. The van der Waals surface area contributed by atoms with Crippen LogP contribution < -0.4 is 0 Å². The fourth-order valence-electron chi connectivity index (χ4n) is 2.17. The third-order valence-corrected chi connectivity index (χ3v) is 4.41. The molecular formula is C14H17NO4S. The van der Waals surface area contributed by atoms with Gasteiger partial charge in [-0.2, -0.15) is 0 Å². The molecule has 5 nitrogen and oxygen atoms in total. The Kier molecular flexibility index (Phi) is 3.85. The fraction of sp³-hybridized carbons (Fsp3) is 0.357. The van der Waals surface area contributed by atoms with Crippen LogP contribution in [0, 0.1) is 5.92 Å². The normalized spacial score (nSPS) is 13.3. The quantitative estimate of drug-likeness (QED) is 0.874. The number of hydrogen-bond donors (Lipinski definition) is 1. The number of nitrogens with one attached hydrogen (secondary N) is 1. The van der Waals surface area contributed by atoms with Gasteiger partial charge < -0.3 is 9.72 Å². The minimum absolute atomic E-state index is 0.275. The lowest BCUT2D eigenvalue weighted by molar-refractivity contribution is -0.144. The summed E-state index contributed by atoms with van der Waals surface area (Å²) in [6, 6.07) is 4.94. The van der Waals surface area contributed by atoms with Crippen LogP contribution in [0.3, 0.4) is 0 Å². The summed E-state index contributed by atoms with van der Waals surface area (Å²) in [4.78, 5) is 14.8. The van der Waals surface area contributed by atoms with Gasteiger partial charge in [0.15, 0.2) is 9.84 Å². The summed E-state index contributed by atoms with van der Waals surface area (Å²) in [6.07, 6.45) is 3.48. The second kappa shape index (κ2) is 5.28. The second-order valence-corrected chi connectivity index (χ2v) is 6.94. The maximum Gasteiger partial charge on any atom is 0.308 e. The Morgan fingerprint density at radius 2 is 2.10 bits per heavy atom. The number of benzene rings is 1. The molecule has 0 aliphatic heterocycles. The molecule has 0 aliphatic rings. The molecule has 0 saturated heterocycles. The molecule has 1 unspecified atom stereocenters. The van der Waals surface area contributed by atoms with Gasteiger partial charge in [0.25, 0.3) is 0 Å². The van der Waals surface area contributed by atoms with Gasteiger partial charge in [-0.15, -0.1) is 0 Å². The zero-order chi connectivity index (χ0) is 14.9. The molecular weight excluding hydrogens is 278 g/mol. The van der Waals surface area contributed by atoms with Gasteiger partial charge in [0.2, 0.25) is 0 Å². The smallest absolute Gasteiger partial charge is 0.308 e. The van der Waals surface area contributed by atoms with Crippen LogP contribution in [0.5, 0.6) is 0 Å². The van der Waals surface area contributed by atoms with E-state index >= 15 is 0 Å². The lowest BCUT2D eigenvalue weighted by Crippen LogP contribution is -2.14. The number of aromatic nitrogens is 1. The number of rotatable bonds is 4. The van der Waals surface area contributed by atoms with Crippen LogP contribution in [0.4, 0.5) is 0 Å². The molecule has 1 heterocycles. The van der Waals surface area contributed by atoms with Crippen LogP contribution >= 0.6 is 0 Å². The van der Waals surface area contributed by atoms with Gasteiger partial charge in [-0.05, 0) is 30.2 Å². The lowest BCUT2D eigenvalue weighted by Gasteiger charge is -2.08. The van der Waals surface area contributed by atoms with Crippen molar-refractivity contribution in [1.82, 2.24) is 4.98 Å². The van der Waals surface area contributed by atoms with Gasteiger partial charge in [-0.3, -0.25) is 4.79 Å². The largest absolute Gasteiger partial charge is 0.469 e. The van der Waals surface area contributed by atoms with E-state index in [1.807, 2.05) is 0 Å². The Balaban J connectivity index is 2.42. The van der Waals surface area contributed by atoms with E-state index < -0.39 is 9.84 Å². The first-order chi connectivity index (χ1) is 9.32. The van der Waals surface area contributed by atoms with E-state index in [1.54, 1.807) is 31.3 Å². The summed E-state index contributed by atoms with van der Waals surface area (Å²) in [5, 5.41) is 0.823. The van der Waals surface area contributed by atoms with Crippen LogP contribution in [-0.4, -0.2) is 32.7 Å². The standard InChI is InChI=1S/C14H17NO4S/c1-9(14(16)19-2)6-10-8-15-13-5-4-11(7-12(10)13)20(3,17)18/h4-5,7-9,15H,6H2,1-3H3. The molecule has 0 saturated carbocycles. The van der Waals surface area contributed by atoms with Crippen LogP contribution in [-0.2, 0) is 25.8 Å². The number of hydrogen-bond acceptors (Lipinski definition) is 4. The van der Waals surface area contributed by atoms with Gasteiger partial charge >= 0.3 is 5.97 Å². The summed E-state index contributed by atoms with van der Waals surface area (Å²) in [5.41, 5.74) is 1.76. The van der Waals surface area contributed by atoms with Gasteiger partial charge in [-0.1, -0.05) is 6.92 Å². The monoisotopic (exact) mass is 295 g/mol. The van der Waals surface area contributed by atoms with E-state index in [2.05, 4.69) is 4.98 Å². The van der Waals surface area contributed by atoms with Crippen molar-refractivity contribution in [1.29, 1.82) is 0 Å². The summed E-state index contributed by atoms with van der Waals surface area (Å²) in [7, 11) is -1.89. The number of H-pyrrole nitrogens is 1. The molecule has 2 rings (SSSR count). The molecule has 20 heavy (non-hydrogen) atoms. The number of carbonyl (C=O) groups excluding carboxylic acids is 1. The molecule has 1 atom stereocenters. The summed E-state index contributed by atoms with van der Waals surface area (Å²) >= 11 is 0. The number of esters is 1. The fourth-order valence-corrected chi connectivity index (χ4v) is 2.82. The van der Waals surface area contributed by atoms with Crippen LogP contribution in [0.15, 0.2) is 29.3 Å². The number of sulfone groups is 1. The molecule has 108 valence electrons. The lowest BCUT2D eigenvalue weighted by atomic mass is 10.0. The molecule has 2 aromatic rings. The Morgan fingerprint density at radius 1 is 1.40 bits per heavy atom. The molecule has 1 aromatic carbocycles. The molecule has 0 fully saturated rings. The molecule has 0 aliphatic carbocycles. The van der Waals surface area contributed by atoms with E-state index in [0.717, 1.165) is 16.5 Å². The van der Waals surface area contributed by atoms with Gasteiger partial charge in [0, 0.05) is 23.4 Å². The Labute approximate surface area is 117 Å². The Hall–Kier alpha value is -1.82. The van der Waals surface area contributed by atoms with E-state index in [0.29, 0.717) is 6.42 Å². The predicted octanol–water partition coefficient (Wildman–Crippen LogP) is 1.92. The number of ether oxygens (including phenoxy) is 1. The predicted molar refractivity (Wildman–Crippen MR) is 76.3 cm³/mol. The van der Waals surface area contributed by atoms with Crippen molar-refractivity contribution >= 4 is 26.7 Å². The second-order valence-electron chi connectivity index (χ2n) is 4.92. The SMILES string of the molecule is COC(=O)C(C)Cc1c[nH]c2ccc(S(C)(=O)=O)cc12. The molecule has 0 bridgehead atoms. The first-order valence-electron chi connectivity index (χ1n) is 6.21. The zero-order valence-corrected chi connectivity index (χ0v) is 12.5. The third kappa shape index (κ3) is 2.85. The van der Waals surface area contributed by atoms with Crippen molar-refractivity contribution < 1.29 is 17.9 Å². The minimum atomic E-state index is -3.24. The summed E-state index contributed by atoms with van der Waals surface area (Å²) in [6.45, 7) is 1.78. The highest BCUT2D eigenvalue weighted by molar-refractivity contribution is 7.90. The maximum absolute atomic E-state index is 11.6. The van der Waals surface area contributed by atoms with Crippen LogP contribution in [0.2, 0.25) is 0 Å². The molecule has 6 heteroatoms. The van der Waals surface area contributed by atoms with Crippen molar-refractivity contribution in [3.8, 4) is 0 Å². The Morgan fingerprint density at radius 3 is 2.70 bits per heavy atom. The van der Waals surface area contributed by atoms with E-state index in [9.17, 15) is 13.2 Å². The Bertz CT molecular complexity index is 746. The first-order valence-corrected chi connectivity index (χ1v) is 8.10. The average Bonchev–Trinajstić information content (AvgIpc) is 2.79. The number of fused-ring (bicyclic) bond motifs is 1. The summed E-state index contributed by atoms with van der Waals surface area (Å²) in [5.74, 6) is -0.556. The maximum atomic E-state index is 11.6. The average molecular weight is 295 g/mol. The van der Waals surface area contributed by atoms with Crippen molar-refractivity contribution in [3.63, 3.8) is 0 Å². The zero-order valence-electron chi connectivity index (χ0n) is 11.6. The van der Waals surface area contributed by atoms with Crippen LogP contribution in [0.1, 0.15) is 12.5 Å². The highest BCUT2D eigenvalue weighted by Gasteiger charge is 2.17. The number of aromatic amines is 1. The van der Waals surface area contributed by atoms with E-state index in [-0.39, 0.29) is 16.8 Å². The van der Waals surface area contributed by atoms with Gasteiger partial charge in [-0.25, -0.2) is 8.42 Å². The highest BCUT2D eigenvalue weighted by Crippen LogP contribution is 2.24. The molecule has 0 amide bonds. The van der Waals surface area contributed by atoms with Crippen molar-refractivity contribution in [2.45, 2.75) is 18.2 Å². The van der Waals surface area contributed by atoms with Crippen molar-refractivity contribution in [2.24, 2.45) is 5.92 Å². The van der Waals surface area contributed by atoms with Crippen molar-refractivity contribution in [3.05, 3.63) is 30.0 Å². The molecule has 0 spiro atoms. The number of carbonyl (C=O) groups is 1. The molecule has 1 N–H and O–H groups in total. The van der Waals surface area contributed by atoms with Gasteiger partial charge in [0.1, 0.15) is 0 Å². The molecule has 1 aromatic heterocycles. The van der Waals surface area contributed by atoms with E-state index in [4.69, 9.17) is 4.74 Å². The van der Waals surface area contributed by atoms with Gasteiger partial charge in [0.05, 0.1) is 17.9 Å². The van der Waals surface area contributed by atoms with E-state index in [1.165, 1.54) is 13.4 Å². The van der Waals surface area contributed by atoms with Crippen LogP contribution in [0.25, 0.3) is 10.9 Å². The topological polar surface area (TPSA) is 76.2 Å². The minimum Gasteiger partial charge on any atom is -0.469 e.